The first kappa shape index (κ1) is 32.8. The maximum Gasteiger partial charge on any atom is 0.344 e. The normalized spacial score (nSPS) is 35.2. The number of halogens is 3. The Morgan fingerprint density at radius 1 is 0.976 bits per heavy atom. The van der Waals surface area contributed by atoms with Crippen molar-refractivity contribution in [2.75, 3.05) is 6.61 Å². The van der Waals surface area contributed by atoms with Gasteiger partial charge in [-0.3, -0.25) is 0 Å². The summed E-state index contributed by atoms with van der Waals surface area (Å²) in [6, 6.07) is 4.14. The molecule has 0 unspecified atom stereocenters. The van der Waals surface area contributed by atoms with Gasteiger partial charge in [0, 0.05) is 9.99 Å². The van der Waals surface area contributed by atoms with Crippen molar-refractivity contribution in [2.24, 2.45) is 46.3 Å². The minimum absolute atomic E-state index is 0.0201. The fourth-order valence-electron chi connectivity index (χ4n) is 9.77. The molecule has 0 aliphatic heterocycles. The number of hydrogen-bond donors (Lipinski definition) is 0. The molecule has 8 atom stereocenters. The van der Waals surface area contributed by atoms with E-state index in [-0.39, 0.29) is 24.1 Å². The van der Waals surface area contributed by atoms with Gasteiger partial charge < -0.3 is 9.47 Å². The monoisotopic (exact) mass is 898 g/mol. The van der Waals surface area contributed by atoms with Crippen LogP contribution in [0, 0.1) is 57.0 Å². The molecule has 0 heterocycles. The molecule has 0 saturated heterocycles. The predicted octanol–water partition coefficient (Wildman–Crippen LogP) is 10.8. The van der Waals surface area contributed by atoms with Gasteiger partial charge in [0.1, 0.15) is 11.9 Å². The molecule has 3 nitrogen and oxygen atoms in total. The Morgan fingerprint density at radius 2 is 1.71 bits per heavy atom. The summed E-state index contributed by atoms with van der Waals surface area (Å²) < 4.78 is 15.2. The Kier molecular flexibility index (Phi) is 10.7. The van der Waals surface area contributed by atoms with Crippen LogP contribution in [0.4, 0.5) is 0 Å². The van der Waals surface area contributed by atoms with E-state index in [0.29, 0.717) is 5.41 Å². The molecule has 5 rings (SSSR count). The van der Waals surface area contributed by atoms with Crippen molar-refractivity contribution in [1.29, 1.82) is 0 Å². The summed E-state index contributed by atoms with van der Waals surface area (Å²) in [6.45, 7) is 12.5. The molecule has 0 N–H and O–H groups in total. The van der Waals surface area contributed by atoms with E-state index >= 15 is 0 Å². The number of hydrogen-bond acceptors (Lipinski definition) is 3. The number of carbonyl (C=O) groups is 1. The van der Waals surface area contributed by atoms with E-state index in [2.05, 4.69) is 121 Å². The summed E-state index contributed by atoms with van der Waals surface area (Å²) >= 11 is 6.86. The van der Waals surface area contributed by atoms with E-state index in [1.54, 1.807) is 5.57 Å². The zero-order valence-corrected chi connectivity index (χ0v) is 32.1. The standard InChI is InChI=1S/C35H49I3O3/c1-21(2)7-6-8-22(3)27-11-12-28-26-10-9-23-17-25(13-15-34(23,4)29(26)14-16-35(27,28)5)41-32(39)20-40-33-30(37)18-24(36)19-31(33)38/h9,18-19,21-22,25-29H,6-8,10-17,20H2,1-5H3/t22-,25+,26+,27-,28+,29+,34+,35-/m1/s1. The quantitative estimate of drug-likeness (QED) is 0.141. The zero-order valence-electron chi connectivity index (χ0n) is 25.6. The third kappa shape index (κ3) is 6.84. The second-order valence-corrected chi connectivity index (χ2v) is 18.2. The molecule has 0 aromatic heterocycles. The molecular formula is C35H49I3O3. The third-order valence-corrected chi connectivity index (χ3v) is 14.1. The van der Waals surface area contributed by atoms with Gasteiger partial charge in [0.05, 0.1) is 7.14 Å². The van der Waals surface area contributed by atoms with Crippen LogP contribution in [0.25, 0.3) is 0 Å². The Hall–Kier alpha value is 0.420. The van der Waals surface area contributed by atoms with E-state index in [1.165, 1.54) is 54.9 Å². The zero-order chi connectivity index (χ0) is 29.5. The molecule has 41 heavy (non-hydrogen) atoms. The van der Waals surface area contributed by atoms with Gasteiger partial charge in [-0.1, -0.05) is 65.5 Å². The van der Waals surface area contributed by atoms with Crippen molar-refractivity contribution in [3.63, 3.8) is 0 Å². The predicted molar refractivity (Wildman–Crippen MR) is 193 cm³/mol. The Morgan fingerprint density at radius 3 is 2.41 bits per heavy atom. The Balaban J connectivity index is 1.19. The Bertz CT molecular complexity index is 1120. The second kappa shape index (κ2) is 13.4. The molecule has 0 amide bonds. The summed E-state index contributed by atoms with van der Waals surface area (Å²) in [5.74, 6) is 5.64. The highest BCUT2D eigenvalue weighted by molar-refractivity contribution is 14.1. The molecule has 4 aliphatic carbocycles. The van der Waals surface area contributed by atoms with Crippen LogP contribution in [0.5, 0.6) is 5.75 Å². The minimum atomic E-state index is -0.244. The number of ether oxygens (including phenoxy) is 2. The van der Waals surface area contributed by atoms with Crippen LogP contribution in [0.15, 0.2) is 23.8 Å². The molecule has 0 radical (unpaired) electrons. The fourth-order valence-corrected chi connectivity index (χ4v) is 13.7. The number of carbonyl (C=O) groups excluding carboxylic acids is 1. The summed E-state index contributed by atoms with van der Waals surface area (Å²) in [7, 11) is 0. The summed E-state index contributed by atoms with van der Waals surface area (Å²) in [5, 5.41) is 0. The molecule has 4 aliphatic rings. The molecular weight excluding hydrogens is 849 g/mol. The average Bonchev–Trinajstić information content (AvgIpc) is 3.25. The topological polar surface area (TPSA) is 35.5 Å². The highest BCUT2D eigenvalue weighted by Crippen LogP contribution is 2.67. The molecule has 228 valence electrons. The van der Waals surface area contributed by atoms with Gasteiger partial charge in [-0.05, 0) is 171 Å². The SMILES string of the molecule is CC(C)CCC[C@@H](C)[C@H]1CC[C@H]2[C@@H]3CC=C4C[C@@H](OC(=O)COc5c(I)cc(I)cc5I)CC[C@]4(C)[C@H]3CC[C@]12C. The van der Waals surface area contributed by atoms with Gasteiger partial charge in [-0.25, -0.2) is 4.79 Å². The lowest BCUT2D eigenvalue weighted by molar-refractivity contribution is -0.154. The molecule has 1 aromatic rings. The van der Waals surface area contributed by atoms with Crippen LogP contribution in [-0.2, 0) is 9.53 Å². The number of fused-ring (bicyclic) bond motifs is 5. The average molecular weight is 898 g/mol. The number of benzene rings is 1. The lowest BCUT2D eigenvalue weighted by Gasteiger charge is -2.58. The van der Waals surface area contributed by atoms with Crippen LogP contribution >= 0.6 is 67.8 Å². The first-order valence-corrected chi connectivity index (χ1v) is 19.3. The second-order valence-electron chi connectivity index (χ2n) is 14.6. The lowest BCUT2D eigenvalue weighted by atomic mass is 9.47. The largest absolute Gasteiger partial charge is 0.480 e. The van der Waals surface area contributed by atoms with E-state index in [9.17, 15) is 4.79 Å². The van der Waals surface area contributed by atoms with Crippen LogP contribution < -0.4 is 4.74 Å². The lowest BCUT2D eigenvalue weighted by Crippen LogP contribution is -2.51. The fraction of sp³-hybridized carbons (Fsp3) is 0.743. The van der Waals surface area contributed by atoms with E-state index < -0.39 is 0 Å². The van der Waals surface area contributed by atoms with Crippen molar-refractivity contribution >= 4 is 73.7 Å². The highest BCUT2D eigenvalue weighted by Gasteiger charge is 2.59. The first-order chi connectivity index (χ1) is 19.4. The van der Waals surface area contributed by atoms with Crippen molar-refractivity contribution < 1.29 is 14.3 Å². The third-order valence-electron chi connectivity index (χ3n) is 11.9. The van der Waals surface area contributed by atoms with Crippen LogP contribution in [0.3, 0.4) is 0 Å². The van der Waals surface area contributed by atoms with Gasteiger partial charge >= 0.3 is 5.97 Å². The maximum atomic E-state index is 12.8. The molecule has 3 saturated carbocycles. The van der Waals surface area contributed by atoms with Crippen molar-refractivity contribution in [3.8, 4) is 5.75 Å². The van der Waals surface area contributed by atoms with Crippen LogP contribution in [-0.4, -0.2) is 18.7 Å². The molecule has 1 aromatic carbocycles. The van der Waals surface area contributed by atoms with Crippen molar-refractivity contribution in [2.45, 2.75) is 111 Å². The summed E-state index contributed by atoms with van der Waals surface area (Å²) in [4.78, 5) is 12.8. The molecule has 6 heteroatoms. The van der Waals surface area contributed by atoms with E-state index in [0.717, 1.165) is 67.7 Å². The summed E-state index contributed by atoms with van der Waals surface area (Å²) in [6.07, 6.45) is 16.7. The Labute approximate surface area is 289 Å². The smallest absolute Gasteiger partial charge is 0.344 e. The van der Waals surface area contributed by atoms with Gasteiger partial charge in [-0.15, -0.1) is 0 Å². The minimum Gasteiger partial charge on any atom is -0.480 e. The van der Waals surface area contributed by atoms with E-state index in [4.69, 9.17) is 9.47 Å². The van der Waals surface area contributed by atoms with E-state index in [1.807, 2.05) is 0 Å². The number of allylic oxidation sites excluding steroid dienone is 1. The highest BCUT2D eigenvalue weighted by atomic mass is 127. The summed E-state index contributed by atoms with van der Waals surface area (Å²) in [5.41, 5.74) is 2.38. The van der Waals surface area contributed by atoms with Gasteiger partial charge in [-0.2, -0.15) is 0 Å². The maximum absolute atomic E-state index is 12.8. The molecule has 0 bridgehead atoms. The van der Waals surface area contributed by atoms with Crippen LogP contribution in [0.1, 0.15) is 105 Å². The molecule has 0 spiro atoms. The number of rotatable bonds is 9. The van der Waals surface area contributed by atoms with Crippen molar-refractivity contribution in [3.05, 3.63) is 34.5 Å². The molecule has 3 fully saturated rings. The number of esters is 1. The van der Waals surface area contributed by atoms with Gasteiger partial charge in [0.15, 0.2) is 6.61 Å². The van der Waals surface area contributed by atoms with Gasteiger partial charge in [0.2, 0.25) is 0 Å². The first-order valence-electron chi connectivity index (χ1n) is 16.1. The van der Waals surface area contributed by atoms with Gasteiger partial charge in [0.25, 0.3) is 0 Å². The van der Waals surface area contributed by atoms with Crippen LogP contribution in [0.2, 0.25) is 0 Å². The van der Waals surface area contributed by atoms with Crippen molar-refractivity contribution in [1.82, 2.24) is 0 Å².